The van der Waals surface area contributed by atoms with Gasteiger partial charge in [-0.25, -0.2) is 4.39 Å². The summed E-state index contributed by atoms with van der Waals surface area (Å²) in [6, 6.07) is 11.9. The zero-order valence-corrected chi connectivity index (χ0v) is 14.2. The lowest BCUT2D eigenvalue weighted by molar-refractivity contribution is -0.119. The number of rotatable bonds is 7. The van der Waals surface area contributed by atoms with Gasteiger partial charge in [0.25, 0.3) is 5.91 Å². The molecule has 0 radical (unpaired) electrons. The van der Waals surface area contributed by atoms with Gasteiger partial charge in [0.05, 0.1) is 24.3 Å². The number of carbonyl (C=O) groups is 3. The van der Waals surface area contributed by atoms with Gasteiger partial charge in [0.2, 0.25) is 11.8 Å². The summed E-state index contributed by atoms with van der Waals surface area (Å²) in [5, 5.41) is 5.14. The van der Waals surface area contributed by atoms with E-state index in [9.17, 15) is 18.8 Å². The fourth-order valence-corrected chi connectivity index (χ4v) is 2.31. The number of nitrogens with zero attached hydrogens (tertiary/aromatic N) is 1. The van der Waals surface area contributed by atoms with E-state index < -0.39 is 17.6 Å². The molecule has 26 heavy (non-hydrogen) atoms. The monoisotopic (exact) mass is 358 g/mol. The zero-order chi connectivity index (χ0) is 19.1. The van der Waals surface area contributed by atoms with Crippen molar-refractivity contribution in [2.45, 2.75) is 0 Å². The molecule has 136 valence electrons. The zero-order valence-electron chi connectivity index (χ0n) is 14.2. The van der Waals surface area contributed by atoms with Gasteiger partial charge in [-0.1, -0.05) is 18.2 Å². The number of amides is 3. The lowest BCUT2D eigenvalue weighted by Gasteiger charge is -2.16. The van der Waals surface area contributed by atoms with Crippen molar-refractivity contribution in [3.8, 4) is 0 Å². The Hall–Kier alpha value is -3.26. The molecule has 8 heteroatoms. The normalized spacial score (nSPS) is 10.4. The highest BCUT2D eigenvalue weighted by atomic mass is 19.1. The van der Waals surface area contributed by atoms with E-state index in [4.69, 9.17) is 5.73 Å². The van der Waals surface area contributed by atoms with Crippen molar-refractivity contribution in [1.29, 1.82) is 0 Å². The van der Waals surface area contributed by atoms with Gasteiger partial charge >= 0.3 is 0 Å². The number of benzene rings is 2. The van der Waals surface area contributed by atoms with Crippen molar-refractivity contribution < 1.29 is 18.8 Å². The van der Waals surface area contributed by atoms with Crippen LogP contribution in [0.1, 0.15) is 10.4 Å². The molecule has 0 heterocycles. The van der Waals surface area contributed by atoms with Gasteiger partial charge < -0.3 is 16.4 Å². The highest BCUT2D eigenvalue weighted by Crippen LogP contribution is 2.14. The fourth-order valence-electron chi connectivity index (χ4n) is 2.31. The average Bonchev–Trinajstić information content (AvgIpc) is 2.54. The van der Waals surface area contributed by atoms with Crippen LogP contribution in [-0.4, -0.2) is 42.8 Å². The molecule has 0 fully saturated rings. The molecule has 0 unspecified atom stereocenters. The number of nitrogens with one attached hydrogen (secondary N) is 2. The van der Waals surface area contributed by atoms with E-state index in [1.165, 1.54) is 29.2 Å². The summed E-state index contributed by atoms with van der Waals surface area (Å²) in [6.45, 7) is -0.148. The Bertz CT molecular complexity index is 826. The van der Waals surface area contributed by atoms with Crippen LogP contribution in [0.25, 0.3) is 0 Å². The molecule has 2 aromatic rings. The summed E-state index contributed by atoms with van der Waals surface area (Å²) in [7, 11) is 1.59. The van der Waals surface area contributed by atoms with E-state index in [-0.39, 0.29) is 24.6 Å². The summed E-state index contributed by atoms with van der Waals surface area (Å²) in [5.41, 5.74) is 6.11. The maximum absolute atomic E-state index is 13.1. The van der Waals surface area contributed by atoms with Crippen LogP contribution in [0.5, 0.6) is 0 Å². The van der Waals surface area contributed by atoms with Crippen molar-refractivity contribution in [3.63, 3.8) is 0 Å². The number of para-hydroxylation sites is 1. The van der Waals surface area contributed by atoms with Gasteiger partial charge in [0, 0.05) is 5.69 Å². The van der Waals surface area contributed by atoms with Crippen molar-refractivity contribution in [1.82, 2.24) is 4.90 Å². The van der Waals surface area contributed by atoms with Crippen LogP contribution in [0.15, 0.2) is 48.5 Å². The number of anilines is 2. The summed E-state index contributed by atoms with van der Waals surface area (Å²) in [4.78, 5) is 36.9. The van der Waals surface area contributed by atoms with Gasteiger partial charge in [0.15, 0.2) is 0 Å². The van der Waals surface area contributed by atoms with Gasteiger partial charge in [-0.05, 0) is 37.4 Å². The molecule has 0 aliphatic carbocycles. The van der Waals surface area contributed by atoms with E-state index in [2.05, 4.69) is 10.6 Å². The van der Waals surface area contributed by atoms with E-state index in [0.29, 0.717) is 11.4 Å². The average molecular weight is 358 g/mol. The minimum Gasteiger partial charge on any atom is -0.366 e. The largest absolute Gasteiger partial charge is 0.366 e. The molecule has 0 saturated carbocycles. The van der Waals surface area contributed by atoms with E-state index in [0.717, 1.165) is 0 Å². The third-order valence-corrected chi connectivity index (χ3v) is 3.40. The van der Waals surface area contributed by atoms with Crippen molar-refractivity contribution in [3.05, 3.63) is 59.9 Å². The molecule has 2 aromatic carbocycles. The SMILES string of the molecule is CN(CC(=O)Nc1cccc(F)c1)CC(=O)Nc1ccccc1C(N)=O. The number of primary amides is 1. The Morgan fingerprint density at radius 1 is 1.00 bits per heavy atom. The highest BCUT2D eigenvalue weighted by Gasteiger charge is 2.14. The van der Waals surface area contributed by atoms with Crippen LogP contribution in [0, 0.1) is 5.82 Å². The second-order valence-corrected chi connectivity index (χ2v) is 5.69. The minimum atomic E-state index is -0.649. The number of hydrogen-bond donors (Lipinski definition) is 3. The maximum atomic E-state index is 13.1. The summed E-state index contributed by atoms with van der Waals surface area (Å²) >= 11 is 0. The van der Waals surface area contributed by atoms with Crippen molar-refractivity contribution >= 4 is 29.1 Å². The van der Waals surface area contributed by atoms with E-state index in [1.807, 2.05) is 0 Å². The molecule has 0 spiro atoms. The fraction of sp³-hybridized carbons (Fsp3) is 0.167. The first-order chi connectivity index (χ1) is 12.3. The molecule has 7 nitrogen and oxygen atoms in total. The second kappa shape index (κ2) is 8.72. The standard InChI is InChI=1S/C18H19FN4O3/c1-23(10-16(24)21-13-6-4-5-12(19)9-13)11-17(25)22-15-8-3-2-7-14(15)18(20)26/h2-9H,10-11H2,1H3,(H2,20,26)(H,21,24)(H,22,25). The van der Waals surface area contributed by atoms with Crippen LogP contribution in [0.2, 0.25) is 0 Å². The summed E-state index contributed by atoms with van der Waals surface area (Å²) in [6.07, 6.45) is 0. The maximum Gasteiger partial charge on any atom is 0.250 e. The number of carbonyl (C=O) groups excluding carboxylic acids is 3. The van der Waals surface area contributed by atoms with Crippen LogP contribution in [-0.2, 0) is 9.59 Å². The first-order valence-corrected chi connectivity index (χ1v) is 7.78. The molecule has 2 rings (SSSR count). The van der Waals surface area contributed by atoms with Crippen LogP contribution < -0.4 is 16.4 Å². The van der Waals surface area contributed by atoms with E-state index in [1.54, 1.807) is 31.3 Å². The quantitative estimate of drug-likeness (QED) is 0.696. The molecule has 0 aromatic heterocycles. The topological polar surface area (TPSA) is 105 Å². The Labute approximate surface area is 150 Å². The summed E-state index contributed by atoms with van der Waals surface area (Å²) in [5.74, 6) is -1.89. The molecule has 3 amide bonds. The predicted octanol–water partition coefficient (Wildman–Crippen LogP) is 1.43. The predicted molar refractivity (Wildman–Crippen MR) is 96.1 cm³/mol. The van der Waals surface area contributed by atoms with Crippen LogP contribution in [0.3, 0.4) is 0 Å². The Kier molecular flexibility index (Phi) is 6.40. The molecule has 0 aliphatic heterocycles. The third kappa shape index (κ3) is 5.67. The smallest absolute Gasteiger partial charge is 0.250 e. The molecule has 0 atom stereocenters. The Morgan fingerprint density at radius 2 is 1.65 bits per heavy atom. The molecular formula is C18H19FN4O3. The number of likely N-dealkylation sites (N-methyl/N-ethyl adjacent to an activating group) is 1. The van der Waals surface area contributed by atoms with E-state index >= 15 is 0 Å². The van der Waals surface area contributed by atoms with Crippen molar-refractivity contribution in [2.24, 2.45) is 5.73 Å². The molecular weight excluding hydrogens is 339 g/mol. The first kappa shape index (κ1) is 19.1. The second-order valence-electron chi connectivity index (χ2n) is 5.69. The van der Waals surface area contributed by atoms with Gasteiger partial charge in [-0.2, -0.15) is 0 Å². The summed E-state index contributed by atoms with van der Waals surface area (Å²) < 4.78 is 13.1. The number of hydrogen-bond acceptors (Lipinski definition) is 4. The van der Waals surface area contributed by atoms with Gasteiger partial charge in [0.1, 0.15) is 5.82 Å². The lowest BCUT2D eigenvalue weighted by Crippen LogP contribution is -2.36. The van der Waals surface area contributed by atoms with Gasteiger partial charge in [-0.3, -0.25) is 19.3 Å². The third-order valence-electron chi connectivity index (χ3n) is 3.40. The number of nitrogens with two attached hydrogens (primary N) is 1. The van der Waals surface area contributed by atoms with Gasteiger partial charge in [-0.15, -0.1) is 0 Å². The molecule has 0 bridgehead atoms. The molecule has 0 aliphatic rings. The minimum absolute atomic E-state index is 0.0681. The first-order valence-electron chi connectivity index (χ1n) is 7.78. The molecule has 0 saturated heterocycles. The van der Waals surface area contributed by atoms with Crippen LogP contribution in [0.4, 0.5) is 15.8 Å². The lowest BCUT2D eigenvalue weighted by atomic mass is 10.1. The number of halogens is 1. The Balaban J connectivity index is 1.87. The molecule has 4 N–H and O–H groups in total. The Morgan fingerprint density at radius 3 is 2.31 bits per heavy atom. The van der Waals surface area contributed by atoms with Crippen molar-refractivity contribution in [2.75, 3.05) is 30.8 Å². The highest BCUT2D eigenvalue weighted by molar-refractivity contribution is 6.03. The van der Waals surface area contributed by atoms with Crippen LogP contribution >= 0.6 is 0 Å².